The van der Waals surface area contributed by atoms with Crippen molar-refractivity contribution in [2.24, 2.45) is 17.8 Å². The molecule has 1 fully saturated rings. The third-order valence-electron chi connectivity index (χ3n) is 5.95. The zero-order chi connectivity index (χ0) is 26.3. The molecule has 1 aliphatic carbocycles. The number of esters is 1. The van der Waals surface area contributed by atoms with Crippen molar-refractivity contribution in [3.8, 4) is 11.5 Å². The van der Waals surface area contributed by atoms with Gasteiger partial charge in [-0.3, -0.25) is 14.9 Å². The van der Waals surface area contributed by atoms with Crippen LogP contribution in [0.4, 0.5) is 18.9 Å². The second-order valence-electron chi connectivity index (χ2n) is 8.83. The number of alkyl halides is 3. The molecule has 1 saturated carbocycles. The van der Waals surface area contributed by atoms with Gasteiger partial charge in [-0.25, -0.2) is 4.57 Å². The van der Waals surface area contributed by atoms with E-state index in [9.17, 15) is 32.6 Å². The molecule has 2 aromatic rings. The summed E-state index contributed by atoms with van der Waals surface area (Å²) in [6, 6.07) is 13.1. The quantitative estimate of drug-likeness (QED) is 0.144. The van der Waals surface area contributed by atoms with Crippen molar-refractivity contribution >= 4 is 19.3 Å². The van der Waals surface area contributed by atoms with Crippen LogP contribution in [-0.4, -0.2) is 29.8 Å². The smallest absolute Gasteiger partial charge is 0.431 e. The topological polar surface area (TPSA) is 105 Å². The molecule has 2 atom stereocenters. The zero-order valence-electron chi connectivity index (χ0n) is 19.6. The van der Waals surface area contributed by atoms with Crippen LogP contribution < -0.4 is 9.05 Å². The predicted octanol–water partition coefficient (Wildman–Crippen LogP) is 6.79. The maximum absolute atomic E-state index is 13.6. The zero-order valence-corrected chi connectivity index (χ0v) is 20.5. The summed E-state index contributed by atoms with van der Waals surface area (Å²) in [7, 11) is -3.99. The number of para-hydroxylation sites is 1. The summed E-state index contributed by atoms with van der Waals surface area (Å²) in [6.45, 7) is 1.48. The molecule has 0 radical (unpaired) electrons. The number of nitro benzene ring substituents is 1. The lowest BCUT2D eigenvalue weighted by Gasteiger charge is -2.29. The van der Waals surface area contributed by atoms with E-state index in [1.54, 1.807) is 30.3 Å². The van der Waals surface area contributed by atoms with Crippen molar-refractivity contribution in [1.29, 1.82) is 0 Å². The summed E-state index contributed by atoms with van der Waals surface area (Å²) >= 11 is 0. The fourth-order valence-electron chi connectivity index (χ4n) is 3.93. The number of non-ortho nitro benzene ring substituents is 1. The van der Waals surface area contributed by atoms with Crippen molar-refractivity contribution in [2.45, 2.75) is 38.8 Å². The number of hydrogen-bond donors (Lipinski definition) is 0. The van der Waals surface area contributed by atoms with E-state index in [1.165, 1.54) is 31.2 Å². The summed E-state index contributed by atoms with van der Waals surface area (Å²) in [6.07, 6.45) is -3.93. The molecule has 12 heteroatoms. The predicted molar refractivity (Wildman–Crippen MR) is 125 cm³/mol. The lowest BCUT2D eigenvalue weighted by Crippen LogP contribution is -2.30. The first kappa shape index (κ1) is 27.5. The molecule has 0 aromatic heterocycles. The Hall–Kier alpha value is -3.07. The van der Waals surface area contributed by atoms with E-state index in [-0.39, 0.29) is 48.7 Å². The molecule has 0 N–H and O–H groups in total. The van der Waals surface area contributed by atoms with Gasteiger partial charge in [0.25, 0.3) is 5.69 Å². The molecule has 0 bridgehead atoms. The average Bonchev–Trinajstić information content (AvgIpc) is 2.83. The molecule has 0 aliphatic heterocycles. The van der Waals surface area contributed by atoms with Gasteiger partial charge < -0.3 is 13.8 Å². The highest BCUT2D eigenvalue weighted by Gasteiger charge is 2.41. The average molecular weight is 529 g/mol. The van der Waals surface area contributed by atoms with Crippen LogP contribution in [0.25, 0.3) is 0 Å². The monoisotopic (exact) mass is 529 g/mol. The molecule has 196 valence electrons. The van der Waals surface area contributed by atoms with Crippen LogP contribution in [0.5, 0.6) is 11.5 Å². The number of halogens is 3. The molecule has 1 unspecified atom stereocenters. The number of benzene rings is 2. The largest absolute Gasteiger partial charge is 0.465 e. The SMILES string of the molecule is C[C@H](CP(=O)(Oc1ccccc1)Oc1ccc([N+](=O)[O-])cc1)C(=O)OCC1CCC(C(F)(F)F)CC1. The number of rotatable bonds is 10. The van der Waals surface area contributed by atoms with E-state index in [1.807, 2.05) is 0 Å². The summed E-state index contributed by atoms with van der Waals surface area (Å²) in [4.78, 5) is 22.9. The highest BCUT2D eigenvalue weighted by molar-refractivity contribution is 7.54. The Kier molecular flexibility index (Phi) is 9.00. The lowest BCUT2D eigenvalue weighted by atomic mass is 9.82. The third-order valence-corrected chi connectivity index (χ3v) is 7.92. The molecule has 0 heterocycles. The summed E-state index contributed by atoms with van der Waals surface area (Å²) in [5.41, 5.74) is -0.178. The second kappa shape index (κ2) is 11.8. The molecular weight excluding hydrogens is 502 g/mol. The Labute approximate surface area is 206 Å². The Morgan fingerprint density at radius 1 is 1.03 bits per heavy atom. The maximum atomic E-state index is 13.6. The standard InChI is InChI=1S/C24H27F3NO7P/c1-17(23(29)33-15-18-7-9-19(10-8-18)24(25,26)27)16-36(32,34-21-5-3-2-4-6-21)35-22-13-11-20(12-14-22)28(30)31/h2-6,11-14,17-19H,7-10,15-16H2,1H3/t17-,18?,19?,36?/m1/s1. The Bertz CT molecular complexity index is 1070. The molecule has 3 rings (SSSR count). The number of carbonyl (C=O) groups is 1. The maximum Gasteiger partial charge on any atom is 0.431 e. The Balaban J connectivity index is 1.62. The number of nitrogens with zero attached hydrogens (tertiary/aromatic N) is 1. The molecule has 0 spiro atoms. The van der Waals surface area contributed by atoms with Crippen LogP contribution in [0.2, 0.25) is 0 Å². The van der Waals surface area contributed by atoms with E-state index in [0.717, 1.165) is 0 Å². The van der Waals surface area contributed by atoms with E-state index in [0.29, 0.717) is 12.8 Å². The molecule has 8 nitrogen and oxygen atoms in total. The summed E-state index contributed by atoms with van der Waals surface area (Å²) in [5, 5.41) is 10.9. The van der Waals surface area contributed by atoms with Gasteiger partial charge in [0.1, 0.15) is 11.5 Å². The van der Waals surface area contributed by atoms with Crippen LogP contribution in [0.15, 0.2) is 54.6 Å². The molecule has 1 aliphatic rings. The van der Waals surface area contributed by atoms with Crippen molar-refractivity contribution in [3.05, 3.63) is 64.7 Å². The molecule has 0 saturated heterocycles. The van der Waals surface area contributed by atoms with Crippen molar-refractivity contribution in [1.82, 2.24) is 0 Å². The van der Waals surface area contributed by atoms with Gasteiger partial charge in [0.15, 0.2) is 0 Å². The molecule has 2 aromatic carbocycles. The lowest BCUT2D eigenvalue weighted by molar-refractivity contribution is -0.384. The summed E-state index contributed by atoms with van der Waals surface area (Å²) in [5.74, 6) is -2.77. The van der Waals surface area contributed by atoms with Crippen molar-refractivity contribution < 1.29 is 41.2 Å². The van der Waals surface area contributed by atoms with Crippen molar-refractivity contribution in [2.75, 3.05) is 12.8 Å². The van der Waals surface area contributed by atoms with Crippen LogP contribution >= 0.6 is 7.60 Å². The van der Waals surface area contributed by atoms with Gasteiger partial charge in [0.05, 0.1) is 29.5 Å². The normalized spacial score (nSPS) is 20.6. The van der Waals surface area contributed by atoms with Gasteiger partial charge in [-0.05, 0) is 55.9 Å². The van der Waals surface area contributed by atoms with Gasteiger partial charge in [-0.1, -0.05) is 25.1 Å². The van der Waals surface area contributed by atoms with E-state index in [4.69, 9.17) is 13.8 Å². The third kappa shape index (κ3) is 7.98. The number of ether oxygens (including phenoxy) is 1. The van der Waals surface area contributed by atoms with Crippen LogP contribution in [0, 0.1) is 27.9 Å². The van der Waals surface area contributed by atoms with Crippen LogP contribution in [0.1, 0.15) is 32.6 Å². The van der Waals surface area contributed by atoms with E-state index < -0.39 is 36.5 Å². The minimum Gasteiger partial charge on any atom is -0.465 e. The van der Waals surface area contributed by atoms with E-state index >= 15 is 0 Å². The second-order valence-corrected chi connectivity index (χ2v) is 10.8. The number of nitro groups is 1. The first-order valence-corrected chi connectivity index (χ1v) is 13.2. The van der Waals surface area contributed by atoms with Crippen LogP contribution in [-0.2, 0) is 14.1 Å². The fraction of sp³-hybridized carbons (Fsp3) is 0.458. The van der Waals surface area contributed by atoms with Gasteiger partial charge >= 0.3 is 19.7 Å². The Morgan fingerprint density at radius 2 is 1.58 bits per heavy atom. The Morgan fingerprint density at radius 3 is 2.11 bits per heavy atom. The molecular formula is C24H27F3NO7P. The van der Waals surface area contributed by atoms with Gasteiger partial charge in [-0.15, -0.1) is 0 Å². The van der Waals surface area contributed by atoms with Crippen molar-refractivity contribution in [3.63, 3.8) is 0 Å². The highest BCUT2D eigenvalue weighted by atomic mass is 31.2. The highest BCUT2D eigenvalue weighted by Crippen LogP contribution is 2.50. The van der Waals surface area contributed by atoms with Gasteiger partial charge in [0, 0.05) is 12.1 Å². The van der Waals surface area contributed by atoms with E-state index in [2.05, 4.69) is 0 Å². The first-order valence-electron chi connectivity index (χ1n) is 11.5. The minimum absolute atomic E-state index is 0.00443. The first-order chi connectivity index (χ1) is 16.9. The van der Waals surface area contributed by atoms with Gasteiger partial charge in [-0.2, -0.15) is 13.2 Å². The van der Waals surface area contributed by atoms with Crippen LogP contribution in [0.3, 0.4) is 0 Å². The summed E-state index contributed by atoms with van der Waals surface area (Å²) < 4.78 is 68.7. The van der Waals surface area contributed by atoms with Gasteiger partial charge in [0.2, 0.25) is 0 Å². The number of carbonyl (C=O) groups excluding carboxylic acids is 1. The fourth-order valence-corrected chi connectivity index (χ4v) is 5.83. The molecule has 36 heavy (non-hydrogen) atoms. The molecule has 0 amide bonds. The number of hydrogen-bond acceptors (Lipinski definition) is 7. The minimum atomic E-state index is -4.21.